The van der Waals surface area contributed by atoms with Crippen molar-refractivity contribution in [3.63, 3.8) is 0 Å². The summed E-state index contributed by atoms with van der Waals surface area (Å²) in [7, 11) is 0. The molecule has 0 unspecified atom stereocenters. The van der Waals surface area contributed by atoms with E-state index in [-0.39, 0.29) is 12.1 Å². The third-order valence-electron chi connectivity index (χ3n) is 2.49. The highest BCUT2D eigenvalue weighted by atomic mass is 79.9. The average Bonchev–Trinajstić information content (AvgIpc) is 3.03. The molecule has 1 heterocycles. The number of carbonyl (C=O) groups is 1. The molecular formula is C9H8BrN3O4. The predicted octanol–water partition coefficient (Wildman–Crippen LogP) is 0.741. The zero-order valence-electron chi connectivity index (χ0n) is 8.47. The molecule has 0 radical (unpaired) electrons. The number of anilines is 1. The van der Waals surface area contributed by atoms with Gasteiger partial charge < -0.3 is 10.3 Å². The molecule has 0 aromatic carbocycles. The molecule has 1 amide bonds. The van der Waals surface area contributed by atoms with E-state index in [2.05, 4.69) is 26.2 Å². The molecule has 1 aromatic rings. The van der Waals surface area contributed by atoms with Gasteiger partial charge in [0.05, 0.1) is 0 Å². The molecule has 17 heavy (non-hydrogen) atoms. The summed E-state index contributed by atoms with van der Waals surface area (Å²) in [6.07, 6.45) is 1.67. The van der Waals surface area contributed by atoms with E-state index < -0.39 is 28.3 Å². The van der Waals surface area contributed by atoms with Crippen molar-refractivity contribution in [3.05, 3.63) is 37.2 Å². The Morgan fingerprint density at radius 3 is 2.94 bits per heavy atom. The molecule has 90 valence electrons. The van der Waals surface area contributed by atoms with Gasteiger partial charge in [0.2, 0.25) is 11.9 Å². The van der Waals surface area contributed by atoms with Crippen LogP contribution in [0.5, 0.6) is 0 Å². The van der Waals surface area contributed by atoms with Crippen LogP contribution in [0.2, 0.25) is 0 Å². The van der Waals surface area contributed by atoms with Gasteiger partial charge in [0, 0.05) is 22.0 Å². The van der Waals surface area contributed by atoms with Crippen LogP contribution >= 0.6 is 15.9 Å². The summed E-state index contributed by atoms with van der Waals surface area (Å²) in [5, 5.41) is 12.8. The van der Waals surface area contributed by atoms with Crippen LogP contribution in [0.4, 0.5) is 5.69 Å². The van der Waals surface area contributed by atoms with Gasteiger partial charge in [0.1, 0.15) is 11.6 Å². The first-order valence-corrected chi connectivity index (χ1v) is 5.61. The molecule has 2 rings (SSSR count). The number of rotatable bonds is 3. The second-order valence-electron chi connectivity index (χ2n) is 3.74. The minimum Gasteiger partial charge on any atom is -0.326 e. The number of pyridine rings is 1. The number of carbonyl (C=O) groups excluding carboxylic acids is 1. The Morgan fingerprint density at radius 2 is 2.35 bits per heavy atom. The van der Waals surface area contributed by atoms with Crippen molar-refractivity contribution >= 4 is 27.5 Å². The van der Waals surface area contributed by atoms with E-state index in [0.29, 0.717) is 4.47 Å². The molecule has 2 atom stereocenters. The number of aromatic amines is 1. The number of amides is 1. The average molecular weight is 302 g/mol. The van der Waals surface area contributed by atoms with Crippen LogP contribution in [0.15, 0.2) is 21.5 Å². The van der Waals surface area contributed by atoms with E-state index in [4.69, 9.17) is 0 Å². The van der Waals surface area contributed by atoms with E-state index in [1.807, 2.05) is 0 Å². The van der Waals surface area contributed by atoms with Gasteiger partial charge in [0.25, 0.3) is 5.56 Å². The Labute approximate surface area is 103 Å². The van der Waals surface area contributed by atoms with Gasteiger partial charge in [-0.3, -0.25) is 19.7 Å². The minimum atomic E-state index is -0.818. The molecule has 2 N–H and O–H groups in total. The van der Waals surface area contributed by atoms with E-state index in [9.17, 15) is 19.7 Å². The van der Waals surface area contributed by atoms with Crippen molar-refractivity contribution in [1.82, 2.24) is 4.98 Å². The van der Waals surface area contributed by atoms with Crippen molar-refractivity contribution in [2.45, 2.75) is 12.5 Å². The maximum absolute atomic E-state index is 11.6. The largest absolute Gasteiger partial charge is 0.326 e. The highest BCUT2D eigenvalue weighted by Gasteiger charge is 2.53. The van der Waals surface area contributed by atoms with Crippen molar-refractivity contribution in [2.24, 2.45) is 5.92 Å². The predicted molar refractivity (Wildman–Crippen MR) is 62.3 cm³/mol. The fourth-order valence-electron chi connectivity index (χ4n) is 1.47. The van der Waals surface area contributed by atoms with E-state index in [0.717, 1.165) is 0 Å². The number of hydrogen-bond donors (Lipinski definition) is 2. The fourth-order valence-corrected chi connectivity index (χ4v) is 1.82. The molecule has 7 nitrogen and oxygen atoms in total. The van der Waals surface area contributed by atoms with Crippen LogP contribution < -0.4 is 10.9 Å². The van der Waals surface area contributed by atoms with Crippen molar-refractivity contribution in [3.8, 4) is 0 Å². The number of nitrogens with zero attached hydrogens (tertiary/aromatic N) is 1. The molecule has 1 fully saturated rings. The maximum Gasteiger partial charge on any atom is 0.271 e. The van der Waals surface area contributed by atoms with Gasteiger partial charge in [-0.1, -0.05) is 0 Å². The number of hydrogen-bond acceptors (Lipinski definition) is 4. The van der Waals surface area contributed by atoms with E-state index >= 15 is 0 Å². The second kappa shape index (κ2) is 4.28. The lowest BCUT2D eigenvalue weighted by Gasteiger charge is -2.02. The lowest BCUT2D eigenvalue weighted by atomic mass is 10.3. The van der Waals surface area contributed by atoms with Crippen LogP contribution in [0, 0.1) is 16.0 Å². The van der Waals surface area contributed by atoms with Crippen LogP contribution in [-0.2, 0) is 4.79 Å². The zero-order chi connectivity index (χ0) is 12.6. The summed E-state index contributed by atoms with van der Waals surface area (Å²) < 4.78 is 0.606. The number of H-pyrrole nitrogens is 1. The first-order chi connectivity index (χ1) is 7.99. The normalized spacial score (nSPS) is 21.9. The lowest BCUT2D eigenvalue weighted by Crippen LogP contribution is -2.23. The summed E-state index contributed by atoms with van der Waals surface area (Å²) >= 11 is 3.14. The van der Waals surface area contributed by atoms with Crippen molar-refractivity contribution in [1.29, 1.82) is 0 Å². The highest BCUT2D eigenvalue weighted by Crippen LogP contribution is 2.33. The van der Waals surface area contributed by atoms with Crippen LogP contribution in [0.1, 0.15) is 6.42 Å². The van der Waals surface area contributed by atoms with Gasteiger partial charge in [0.15, 0.2) is 0 Å². The van der Waals surface area contributed by atoms with Crippen molar-refractivity contribution in [2.75, 3.05) is 5.32 Å². The molecule has 8 heteroatoms. The molecule has 1 saturated carbocycles. The van der Waals surface area contributed by atoms with Crippen LogP contribution in [-0.4, -0.2) is 21.9 Å². The quantitative estimate of drug-likeness (QED) is 0.634. The zero-order valence-corrected chi connectivity index (χ0v) is 10.1. The molecule has 0 saturated heterocycles. The SMILES string of the molecule is O=C(Nc1cc(Br)c[nH]c1=O)[C@@H]1C[C@H]1[N+](=O)[O-]. The van der Waals surface area contributed by atoms with Crippen LogP contribution in [0.3, 0.4) is 0 Å². The third kappa shape index (κ3) is 2.52. The maximum atomic E-state index is 11.6. The third-order valence-corrected chi connectivity index (χ3v) is 2.95. The van der Waals surface area contributed by atoms with Crippen molar-refractivity contribution < 1.29 is 9.72 Å². The summed E-state index contributed by atoms with van der Waals surface area (Å²) in [6.45, 7) is 0. The standard InChI is InChI=1S/C9H8BrN3O4/c10-4-1-6(9(15)11-3-4)12-8(14)5-2-7(5)13(16)17/h1,3,5,7H,2H2,(H,11,15)(H,12,14)/t5-,7-/m1/s1. The molecule has 1 aliphatic carbocycles. The Hall–Kier alpha value is -1.70. The van der Waals surface area contributed by atoms with Gasteiger partial charge in [-0.25, -0.2) is 0 Å². The van der Waals surface area contributed by atoms with Gasteiger partial charge in [-0.2, -0.15) is 0 Å². The fraction of sp³-hybridized carbons (Fsp3) is 0.333. The summed E-state index contributed by atoms with van der Waals surface area (Å²) in [6, 6.07) is 0.626. The smallest absolute Gasteiger partial charge is 0.271 e. The first-order valence-electron chi connectivity index (χ1n) is 4.81. The molecule has 0 aliphatic heterocycles. The molecule has 0 bridgehead atoms. The second-order valence-corrected chi connectivity index (χ2v) is 4.66. The topological polar surface area (TPSA) is 105 Å². The van der Waals surface area contributed by atoms with Gasteiger partial charge >= 0.3 is 0 Å². The Kier molecular flexibility index (Phi) is 2.97. The van der Waals surface area contributed by atoms with E-state index in [1.165, 1.54) is 12.3 Å². The van der Waals surface area contributed by atoms with Crippen LogP contribution in [0.25, 0.3) is 0 Å². The lowest BCUT2D eigenvalue weighted by molar-refractivity contribution is -0.497. The Balaban J connectivity index is 2.07. The summed E-state index contributed by atoms with van der Waals surface area (Å²) in [5.41, 5.74) is -0.363. The monoisotopic (exact) mass is 301 g/mol. The summed E-state index contributed by atoms with van der Waals surface area (Å²) in [4.78, 5) is 35.2. The highest BCUT2D eigenvalue weighted by molar-refractivity contribution is 9.10. The molecule has 1 aliphatic rings. The first kappa shape index (κ1) is 11.8. The molecule has 0 spiro atoms. The minimum absolute atomic E-state index is 0.0818. The number of aromatic nitrogens is 1. The molecular weight excluding hydrogens is 294 g/mol. The molecule has 1 aromatic heterocycles. The Morgan fingerprint density at radius 1 is 1.65 bits per heavy atom. The van der Waals surface area contributed by atoms with E-state index in [1.54, 1.807) is 0 Å². The summed E-state index contributed by atoms with van der Waals surface area (Å²) in [5.74, 6) is -1.13. The van der Waals surface area contributed by atoms with Gasteiger partial charge in [-0.05, 0) is 22.0 Å². The number of nitro groups is 1. The Bertz CT molecular complexity index is 541. The number of halogens is 1. The van der Waals surface area contributed by atoms with Gasteiger partial charge in [-0.15, -0.1) is 0 Å². The number of nitrogens with one attached hydrogen (secondary N) is 2.